The molecular weight excluding hydrogens is 350 g/mol. The van der Waals surface area contributed by atoms with Gasteiger partial charge in [0.25, 0.3) is 0 Å². The van der Waals surface area contributed by atoms with E-state index in [0.29, 0.717) is 23.8 Å². The van der Waals surface area contributed by atoms with Crippen molar-refractivity contribution in [1.29, 1.82) is 0 Å². The molecule has 1 fully saturated rings. The second-order valence-electron chi connectivity index (χ2n) is 6.13. The summed E-state index contributed by atoms with van der Waals surface area (Å²) in [7, 11) is 0. The minimum absolute atomic E-state index is 0.114. The molecule has 4 rings (SSSR count). The fourth-order valence-corrected chi connectivity index (χ4v) is 3.20. The lowest BCUT2D eigenvalue weighted by molar-refractivity contribution is 0.208. The zero-order chi connectivity index (χ0) is 17.9. The second-order valence-corrected chi connectivity index (χ2v) is 6.57. The number of halogens is 1. The summed E-state index contributed by atoms with van der Waals surface area (Å²) in [6.07, 6.45) is 1.80. The van der Waals surface area contributed by atoms with E-state index in [0.717, 1.165) is 29.9 Å². The molecule has 1 aliphatic heterocycles. The van der Waals surface area contributed by atoms with Gasteiger partial charge in [-0.2, -0.15) is 0 Å². The third-order valence-electron chi connectivity index (χ3n) is 4.40. The molecule has 0 unspecified atom stereocenters. The molecule has 0 bridgehead atoms. The van der Waals surface area contributed by atoms with Crippen LogP contribution in [0.1, 0.15) is 0 Å². The first-order valence-electron chi connectivity index (χ1n) is 8.47. The molecule has 2 aromatic carbocycles. The predicted molar refractivity (Wildman–Crippen MR) is 104 cm³/mol. The number of urea groups is 1. The maximum absolute atomic E-state index is 12.4. The van der Waals surface area contributed by atoms with Crippen LogP contribution in [-0.2, 0) is 0 Å². The Morgan fingerprint density at radius 1 is 1.00 bits per heavy atom. The highest BCUT2D eigenvalue weighted by molar-refractivity contribution is 6.30. The number of benzene rings is 2. The van der Waals surface area contributed by atoms with Gasteiger partial charge in [0.2, 0.25) is 0 Å². The van der Waals surface area contributed by atoms with Gasteiger partial charge >= 0.3 is 6.03 Å². The van der Waals surface area contributed by atoms with Crippen molar-refractivity contribution in [2.45, 2.75) is 0 Å². The molecule has 2 heterocycles. The molecule has 0 saturated carbocycles. The monoisotopic (exact) mass is 367 g/mol. The summed E-state index contributed by atoms with van der Waals surface area (Å²) in [5.41, 5.74) is 2.47. The number of carbonyl (C=O) groups is 1. The number of carbonyl (C=O) groups excluding carboxylic acids is 1. The van der Waals surface area contributed by atoms with E-state index in [1.165, 1.54) is 0 Å². The van der Waals surface area contributed by atoms with Crippen LogP contribution in [0, 0.1) is 0 Å². The molecule has 1 saturated heterocycles. The van der Waals surface area contributed by atoms with Crippen molar-refractivity contribution in [3.8, 4) is 0 Å². The van der Waals surface area contributed by atoms with E-state index in [4.69, 9.17) is 11.6 Å². The van der Waals surface area contributed by atoms with Crippen molar-refractivity contribution < 1.29 is 4.79 Å². The zero-order valence-electron chi connectivity index (χ0n) is 14.1. The molecule has 0 atom stereocenters. The third kappa shape index (κ3) is 3.55. The summed E-state index contributed by atoms with van der Waals surface area (Å²) in [5.74, 6) is 0.846. The highest BCUT2D eigenvalue weighted by atomic mass is 35.5. The van der Waals surface area contributed by atoms with Gasteiger partial charge in [0.05, 0.1) is 17.2 Å². The Hall–Kier alpha value is -2.86. The quantitative estimate of drug-likeness (QED) is 0.751. The normalized spacial score (nSPS) is 14.5. The summed E-state index contributed by atoms with van der Waals surface area (Å²) in [6.45, 7) is 2.69. The molecule has 7 heteroatoms. The fraction of sp³-hybridized carbons (Fsp3) is 0.211. The summed E-state index contributed by atoms with van der Waals surface area (Å²) in [4.78, 5) is 25.5. The second kappa shape index (κ2) is 7.17. The van der Waals surface area contributed by atoms with Gasteiger partial charge in [-0.3, -0.25) is 4.98 Å². The average molecular weight is 368 g/mol. The number of para-hydroxylation sites is 2. The van der Waals surface area contributed by atoms with E-state index >= 15 is 0 Å². The van der Waals surface area contributed by atoms with Gasteiger partial charge in [0.1, 0.15) is 5.82 Å². The maximum atomic E-state index is 12.4. The summed E-state index contributed by atoms with van der Waals surface area (Å²) < 4.78 is 0. The number of rotatable bonds is 2. The van der Waals surface area contributed by atoms with Crippen LogP contribution in [-0.4, -0.2) is 47.1 Å². The van der Waals surface area contributed by atoms with Gasteiger partial charge in [0.15, 0.2) is 0 Å². The van der Waals surface area contributed by atoms with Gasteiger partial charge in [-0.15, -0.1) is 0 Å². The number of hydrogen-bond acceptors (Lipinski definition) is 4. The number of nitrogens with one attached hydrogen (secondary N) is 1. The number of aromatic nitrogens is 2. The molecule has 3 aromatic rings. The van der Waals surface area contributed by atoms with Gasteiger partial charge in [-0.05, 0) is 30.3 Å². The van der Waals surface area contributed by atoms with Crippen LogP contribution in [0.5, 0.6) is 0 Å². The summed E-state index contributed by atoms with van der Waals surface area (Å²) >= 11 is 5.96. The van der Waals surface area contributed by atoms with Crippen molar-refractivity contribution in [1.82, 2.24) is 14.9 Å². The molecule has 2 amide bonds. The van der Waals surface area contributed by atoms with Crippen LogP contribution in [0.25, 0.3) is 11.0 Å². The van der Waals surface area contributed by atoms with Crippen LogP contribution in [0.3, 0.4) is 0 Å². The number of nitrogens with zero attached hydrogens (tertiary/aromatic N) is 4. The van der Waals surface area contributed by atoms with E-state index in [2.05, 4.69) is 20.2 Å². The van der Waals surface area contributed by atoms with E-state index in [1.807, 2.05) is 36.4 Å². The first kappa shape index (κ1) is 16.6. The molecule has 0 radical (unpaired) electrons. The van der Waals surface area contributed by atoms with E-state index in [-0.39, 0.29) is 6.03 Å². The van der Waals surface area contributed by atoms with Crippen molar-refractivity contribution in [3.05, 3.63) is 59.8 Å². The number of hydrogen-bond donors (Lipinski definition) is 1. The van der Waals surface area contributed by atoms with Crippen LogP contribution >= 0.6 is 11.6 Å². The summed E-state index contributed by atoms with van der Waals surface area (Å²) in [6, 6.07) is 14.9. The minimum atomic E-state index is -0.114. The lowest BCUT2D eigenvalue weighted by Gasteiger charge is -2.35. The molecule has 132 valence electrons. The molecule has 0 spiro atoms. The Bertz CT molecular complexity index is 940. The van der Waals surface area contributed by atoms with Gasteiger partial charge < -0.3 is 15.1 Å². The minimum Gasteiger partial charge on any atom is -0.352 e. The lowest BCUT2D eigenvalue weighted by Crippen LogP contribution is -2.50. The first-order valence-corrected chi connectivity index (χ1v) is 8.85. The van der Waals surface area contributed by atoms with E-state index in [9.17, 15) is 4.79 Å². The predicted octanol–water partition coefficient (Wildman–Crippen LogP) is 3.64. The van der Waals surface area contributed by atoms with Crippen LogP contribution < -0.4 is 10.2 Å². The number of anilines is 2. The topological polar surface area (TPSA) is 61.4 Å². The molecule has 26 heavy (non-hydrogen) atoms. The molecule has 1 aromatic heterocycles. The number of piperazine rings is 1. The number of amides is 2. The van der Waals surface area contributed by atoms with Crippen molar-refractivity contribution in [3.63, 3.8) is 0 Å². The molecule has 6 nitrogen and oxygen atoms in total. The average Bonchev–Trinajstić information content (AvgIpc) is 2.68. The Morgan fingerprint density at radius 2 is 1.77 bits per heavy atom. The fourth-order valence-electron chi connectivity index (χ4n) is 3.01. The lowest BCUT2D eigenvalue weighted by atomic mass is 10.3. The largest absolute Gasteiger partial charge is 0.352 e. The SMILES string of the molecule is O=C(Nc1cccc(Cl)c1)N1CCN(c2cnc3ccccc3n2)CC1. The highest BCUT2D eigenvalue weighted by Gasteiger charge is 2.22. The maximum Gasteiger partial charge on any atom is 0.321 e. The Morgan fingerprint density at radius 3 is 2.54 bits per heavy atom. The Balaban J connectivity index is 1.39. The van der Waals surface area contributed by atoms with Gasteiger partial charge in [-0.1, -0.05) is 29.8 Å². The van der Waals surface area contributed by atoms with Crippen LogP contribution in [0.4, 0.5) is 16.3 Å². The third-order valence-corrected chi connectivity index (χ3v) is 4.64. The van der Waals surface area contributed by atoms with Gasteiger partial charge in [0, 0.05) is 36.9 Å². The molecule has 0 aliphatic carbocycles. The Labute approximate surface area is 156 Å². The smallest absolute Gasteiger partial charge is 0.321 e. The Kier molecular flexibility index (Phi) is 4.58. The van der Waals surface area contributed by atoms with E-state index in [1.54, 1.807) is 23.2 Å². The van der Waals surface area contributed by atoms with E-state index < -0.39 is 0 Å². The van der Waals surface area contributed by atoms with Crippen LogP contribution in [0.15, 0.2) is 54.7 Å². The first-order chi connectivity index (χ1) is 12.7. The van der Waals surface area contributed by atoms with Gasteiger partial charge in [-0.25, -0.2) is 9.78 Å². The van der Waals surface area contributed by atoms with Crippen molar-refractivity contribution in [2.75, 3.05) is 36.4 Å². The standard InChI is InChI=1S/C19H18ClN5O/c20-14-4-3-5-15(12-14)22-19(26)25-10-8-24(9-11-25)18-13-21-16-6-1-2-7-17(16)23-18/h1-7,12-13H,8-11H2,(H,22,26). The van der Waals surface area contributed by atoms with Crippen molar-refractivity contribution >= 4 is 40.2 Å². The molecular formula is C19H18ClN5O. The zero-order valence-corrected chi connectivity index (χ0v) is 14.9. The molecule has 1 aliphatic rings. The summed E-state index contributed by atoms with van der Waals surface area (Å²) in [5, 5.41) is 3.49. The number of fused-ring (bicyclic) bond motifs is 1. The van der Waals surface area contributed by atoms with Crippen LogP contribution in [0.2, 0.25) is 5.02 Å². The van der Waals surface area contributed by atoms with Crippen molar-refractivity contribution in [2.24, 2.45) is 0 Å². The highest BCUT2D eigenvalue weighted by Crippen LogP contribution is 2.18. The molecule has 1 N–H and O–H groups in total.